The van der Waals surface area contributed by atoms with Crippen molar-refractivity contribution in [2.24, 2.45) is 5.10 Å². The van der Waals surface area contributed by atoms with Crippen LogP contribution in [0.1, 0.15) is 65.0 Å². The molecular formula is C31H44N4O2. The molecule has 6 heteroatoms. The normalized spacial score (nSPS) is 12.9. The lowest BCUT2D eigenvalue weighted by molar-refractivity contribution is 0.154. The zero-order chi connectivity index (χ0) is 26.9. The first-order valence-corrected chi connectivity index (χ1v) is 13.3. The van der Waals surface area contributed by atoms with E-state index in [0.717, 1.165) is 55.1 Å². The molecule has 200 valence electrons. The highest BCUT2D eigenvalue weighted by Crippen LogP contribution is 2.17. The number of hydrazone groups is 1. The largest absolute Gasteiger partial charge is 0.495 e. The van der Waals surface area contributed by atoms with Crippen LogP contribution in [-0.2, 0) is 4.74 Å². The number of ether oxygens (including phenoxy) is 2. The van der Waals surface area contributed by atoms with E-state index < -0.39 is 0 Å². The Kier molecular flexibility index (Phi) is 13.6. The van der Waals surface area contributed by atoms with Crippen LogP contribution in [0.2, 0.25) is 0 Å². The van der Waals surface area contributed by atoms with E-state index in [9.17, 15) is 0 Å². The summed E-state index contributed by atoms with van der Waals surface area (Å²) in [4.78, 5) is 6.59. The number of hydrogen-bond donors (Lipinski definition) is 1. The minimum absolute atomic E-state index is 0.435. The second kappa shape index (κ2) is 17.0. The van der Waals surface area contributed by atoms with Crippen molar-refractivity contribution in [1.82, 2.24) is 15.3 Å². The molecule has 0 bridgehead atoms. The Labute approximate surface area is 223 Å². The fraction of sp³-hybridized carbons (Fsp3) is 0.419. The molecule has 0 saturated heterocycles. The second-order valence-electron chi connectivity index (χ2n) is 9.01. The Morgan fingerprint density at radius 2 is 1.78 bits per heavy atom. The smallest absolute Gasteiger partial charge is 0.213 e. The minimum Gasteiger partial charge on any atom is -0.495 e. The average Bonchev–Trinajstić information content (AvgIpc) is 2.90. The van der Waals surface area contributed by atoms with Gasteiger partial charge in [-0.15, -0.1) is 0 Å². The summed E-state index contributed by atoms with van der Waals surface area (Å²) in [5.41, 5.74) is 8.93. The SMILES string of the molecule is CCCN(CCC)C(/C=C(\C)OCCOc1ccccn1)=C/C(N/N=C/c1cccc(C)c1)=C(C)CC. The first-order valence-electron chi connectivity index (χ1n) is 13.3. The van der Waals surface area contributed by atoms with Gasteiger partial charge in [0.15, 0.2) is 0 Å². The van der Waals surface area contributed by atoms with Gasteiger partial charge >= 0.3 is 0 Å². The lowest BCUT2D eigenvalue weighted by Gasteiger charge is -2.26. The Balaban J connectivity index is 2.22. The number of aryl methyl sites for hydroxylation is 1. The Hall–Kier alpha value is -3.54. The fourth-order valence-electron chi connectivity index (χ4n) is 3.68. The molecule has 0 radical (unpaired) electrons. The third-order valence-corrected chi connectivity index (χ3v) is 5.73. The van der Waals surface area contributed by atoms with Gasteiger partial charge in [0, 0.05) is 31.0 Å². The summed E-state index contributed by atoms with van der Waals surface area (Å²) >= 11 is 0. The van der Waals surface area contributed by atoms with Crippen LogP contribution in [0.4, 0.5) is 0 Å². The number of benzene rings is 1. The topological polar surface area (TPSA) is 59.0 Å². The Bertz CT molecular complexity index is 1050. The average molecular weight is 505 g/mol. The van der Waals surface area contributed by atoms with Crippen LogP contribution in [-0.4, -0.2) is 42.4 Å². The fourth-order valence-corrected chi connectivity index (χ4v) is 3.68. The third kappa shape index (κ3) is 11.4. The van der Waals surface area contributed by atoms with E-state index in [-0.39, 0.29) is 0 Å². The molecule has 2 rings (SSSR count). The monoisotopic (exact) mass is 504 g/mol. The summed E-state index contributed by atoms with van der Waals surface area (Å²) in [6, 6.07) is 13.9. The van der Waals surface area contributed by atoms with Crippen molar-refractivity contribution in [2.75, 3.05) is 26.3 Å². The van der Waals surface area contributed by atoms with E-state index in [1.54, 1.807) is 6.20 Å². The van der Waals surface area contributed by atoms with Gasteiger partial charge in [0.1, 0.15) is 13.2 Å². The third-order valence-electron chi connectivity index (χ3n) is 5.73. The molecule has 6 nitrogen and oxygen atoms in total. The summed E-state index contributed by atoms with van der Waals surface area (Å²) in [5, 5.41) is 4.55. The lowest BCUT2D eigenvalue weighted by Crippen LogP contribution is -2.25. The molecule has 0 spiro atoms. The number of nitrogens with one attached hydrogen (secondary N) is 1. The van der Waals surface area contributed by atoms with Crippen LogP contribution < -0.4 is 10.2 Å². The predicted molar refractivity (Wildman–Crippen MR) is 155 cm³/mol. The van der Waals surface area contributed by atoms with Gasteiger partial charge < -0.3 is 14.4 Å². The number of hydrogen-bond acceptors (Lipinski definition) is 6. The van der Waals surface area contributed by atoms with Gasteiger partial charge in [-0.3, -0.25) is 5.43 Å². The van der Waals surface area contributed by atoms with Crippen LogP contribution in [0.5, 0.6) is 5.88 Å². The summed E-state index contributed by atoms with van der Waals surface area (Å²) < 4.78 is 11.7. The highest BCUT2D eigenvalue weighted by atomic mass is 16.5. The maximum atomic E-state index is 5.99. The van der Waals surface area contributed by atoms with E-state index >= 15 is 0 Å². The summed E-state index contributed by atoms with van der Waals surface area (Å²) in [5.74, 6) is 1.44. The predicted octanol–water partition coefficient (Wildman–Crippen LogP) is 7.00. The molecule has 37 heavy (non-hydrogen) atoms. The number of rotatable bonds is 16. The van der Waals surface area contributed by atoms with Crippen molar-refractivity contribution in [2.45, 2.75) is 60.8 Å². The maximum absolute atomic E-state index is 5.99. The molecular weight excluding hydrogens is 460 g/mol. The highest BCUT2D eigenvalue weighted by Gasteiger charge is 2.10. The Morgan fingerprint density at radius 1 is 1.00 bits per heavy atom. The van der Waals surface area contributed by atoms with Crippen LogP contribution >= 0.6 is 0 Å². The summed E-state index contributed by atoms with van der Waals surface area (Å²) in [6.45, 7) is 15.6. The van der Waals surface area contributed by atoms with Crippen molar-refractivity contribution in [3.05, 3.63) is 94.7 Å². The Morgan fingerprint density at radius 3 is 2.43 bits per heavy atom. The van der Waals surface area contributed by atoms with E-state index in [2.05, 4.69) is 85.4 Å². The molecule has 0 aliphatic heterocycles. The van der Waals surface area contributed by atoms with E-state index in [4.69, 9.17) is 9.47 Å². The van der Waals surface area contributed by atoms with Gasteiger partial charge in [-0.2, -0.15) is 5.10 Å². The molecule has 0 aliphatic carbocycles. The summed E-state index contributed by atoms with van der Waals surface area (Å²) in [6.07, 6.45) is 10.9. The summed E-state index contributed by atoms with van der Waals surface area (Å²) in [7, 11) is 0. The van der Waals surface area contributed by atoms with Crippen molar-refractivity contribution < 1.29 is 9.47 Å². The molecule has 1 aromatic carbocycles. The van der Waals surface area contributed by atoms with Gasteiger partial charge in [0.2, 0.25) is 5.88 Å². The van der Waals surface area contributed by atoms with Gasteiger partial charge in [0.25, 0.3) is 0 Å². The number of nitrogens with zero attached hydrogens (tertiary/aromatic N) is 3. The van der Waals surface area contributed by atoms with Gasteiger partial charge in [-0.25, -0.2) is 4.98 Å². The van der Waals surface area contributed by atoms with Crippen molar-refractivity contribution in [3.8, 4) is 5.88 Å². The van der Waals surface area contributed by atoms with Crippen LogP contribution in [0, 0.1) is 6.92 Å². The van der Waals surface area contributed by atoms with Crippen LogP contribution in [0.15, 0.2) is 88.6 Å². The molecule has 0 aliphatic rings. The molecule has 0 atom stereocenters. The van der Waals surface area contributed by atoms with Crippen LogP contribution in [0.3, 0.4) is 0 Å². The molecule has 1 N–H and O–H groups in total. The molecule has 0 amide bonds. The van der Waals surface area contributed by atoms with Crippen molar-refractivity contribution >= 4 is 6.21 Å². The lowest BCUT2D eigenvalue weighted by atomic mass is 10.1. The van der Waals surface area contributed by atoms with E-state index in [0.29, 0.717) is 19.1 Å². The zero-order valence-corrected chi connectivity index (χ0v) is 23.5. The standard InChI is InChI=1S/C31H44N4O2/c1-7-17-35(18-8-2)29(22-27(6)36-19-20-37-31-15-10-11-16-32-31)23-30(26(5)9-3)34-33-24-28-14-12-13-25(4)21-28/h10-16,21-24,34H,7-9,17-20H2,1-6H3/b27-22+,29-23+,30-26?,33-24+. The molecule has 0 saturated carbocycles. The molecule has 0 unspecified atom stereocenters. The highest BCUT2D eigenvalue weighted by molar-refractivity contribution is 5.79. The van der Waals surface area contributed by atoms with Gasteiger partial charge in [-0.1, -0.05) is 56.7 Å². The molecule has 0 fully saturated rings. The number of allylic oxidation sites excluding steroid dienone is 4. The van der Waals surface area contributed by atoms with Crippen molar-refractivity contribution in [3.63, 3.8) is 0 Å². The van der Waals surface area contributed by atoms with Crippen molar-refractivity contribution in [1.29, 1.82) is 0 Å². The number of pyridine rings is 1. The van der Waals surface area contributed by atoms with Crippen LogP contribution in [0.25, 0.3) is 0 Å². The quantitative estimate of drug-likeness (QED) is 0.0876. The molecule has 2 aromatic rings. The minimum atomic E-state index is 0.435. The molecule has 1 heterocycles. The van der Waals surface area contributed by atoms with Gasteiger partial charge in [0.05, 0.1) is 17.7 Å². The first kappa shape index (κ1) is 29.7. The molecule has 1 aromatic heterocycles. The zero-order valence-electron chi connectivity index (χ0n) is 23.5. The van der Waals surface area contributed by atoms with E-state index in [1.165, 1.54) is 11.1 Å². The van der Waals surface area contributed by atoms with Gasteiger partial charge in [-0.05, 0) is 69.4 Å². The maximum Gasteiger partial charge on any atom is 0.213 e. The first-order chi connectivity index (χ1) is 18.0. The number of aromatic nitrogens is 1. The second-order valence-corrected chi connectivity index (χ2v) is 9.01. The van der Waals surface area contributed by atoms with E-state index in [1.807, 2.05) is 37.4 Å².